The van der Waals surface area contributed by atoms with Gasteiger partial charge in [0.05, 0.1) is 12.6 Å². The molecular formula is C16H24N4O2. The van der Waals surface area contributed by atoms with Gasteiger partial charge in [0.15, 0.2) is 0 Å². The first kappa shape index (κ1) is 16.5. The molecule has 0 bridgehead atoms. The highest BCUT2D eigenvalue weighted by Gasteiger charge is 2.24. The Morgan fingerprint density at radius 1 is 1.18 bits per heavy atom. The van der Waals surface area contributed by atoms with Gasteiger partial charge >= 0.3 is 0 Å². The molecule has 2 rings (SSSR count). The summed E-state index contributed by atoms with van der Waals surface area (Å²) in [6.45, 7) is 7.23. The van der Waals surface area contributed by atoms with Gasteiger partial charge < -0.3 is 11.1 Å². The van der Waals surface area contributed by atoms with Crippen molar-refractivity contribution < 1.29 is 9.59 Å². The Hall–Kier alpha value is -1.92. The molecule has 6 nitrogen and oxygen atoms in total. The second kappa shape index (κ2) is 7.38. The van der Waals surface area contributed by atoms with Crippen molar-refractivity contribution in [2.75, 3.05) is 38.0 Å². The molecule has 1 aliphatic rings. The van der Waals surface area contributed by atoms with E-state index in [9.17, 15) is 9.59 Å². The zero-order valence-electron chi connectivity index (χ0n) is 13.2. The van der Waals surface area contributed by atoms with Gasteiger partial charge in [0, 0.05) is 31.9 Å². The number of amides is 2. The summed E-state index contributed by atoms with van der Waals surface area (Å²) in [6, 6.07) is 7.50. The minimum Gasteiger partial charge on any atom is -0.368 e. The van der Waals surface area contributed by atoms with E-state index in [1.165, 1.54) is 0 Å². The summed E-state index contributed by atoms with van der Waals surface area (Å²) in [6.07, 6.45) is 0. The number of primary amides is 1. The molecule has 1 saturated heterocycles. The van der Waals surface area contributed by atoms with Crippen LogP contribution in [0.2, 0.25) is 0 Å². The lowest BCUT2D eigenvalue weighted by Crippen LogP contribution is -2.54. The van der Waals surface area contributed by atoms with Crippen LogP contribution in [-0.2, 0) is 9.59 Å². The number of nitrogens with zero attached hydrogens (tertiary/aromatic N) is 2. The van der Waals surface area contributed by atoms with Crippen molar-refractivity contribution in [3.8, 4) is 0 Å². The van der Waals surface area contributed by atoms with Gasteiger partial charge in [0.2, 0.25) is 11.8 Å². The number of hydrogen-bond acceptors (Lipinski definition) is 4. The molecule has 1 aromatic carbocycles. The SMILES string of the molecule is Cc1ccc(NC(=O)CN2CCN(C(C)C(N)=O)CC2)cc1. The smallest absolute Gasteiger partial charge is 0.238 e. The Morgan fingerprint density at radius 2 is 1.77 bits per heavy atom. The van der Waals surface area contributed by atoms with Crippen LogP contribution >= 0.6 is 0 Å². The van der Waals surface area contributed by atoms with E-state index in [4.69, 9.17) is 5.73 Å². The van der Waals surface area contributed by atoms with Crippen LogP contribution in [0.5, 0.6) is 0 Å². The van der Waals surface area contributed by atoms with E-state index in [2.05, 4.69) is 15.1 Å². The van der Waals surface area contributed by atoms with Gasteiger partial charge in [-0.2, -0.15) is 0 Å². The second-order valence-corrected chi connectivity index (χ2v) is 5.80. The number of benzene rings is 1. The fraction of sp³-hybridized carbons (Fsp3) is 0.500. The average molecular weight is 304 g/mol. The van der Waals surface area contributed by atoms with Gasteiger partial charge in [0.25, 0.3) is 0 Å². The summed E-state index contributed by atoms with van der Waals surface area (Å²) in [4.78, 5) is 27.4. The molecule has 3 N–H and O–H groups in total. The number of nitrogens with one attached hydrogen (secondary N) is 1. The summed E-state index contributed by atoms with van der Waals surface area (Å²) < 4.78 is 0. The topological polar surface area (TPSA) is 78.7 Å². The number of rotatable bonds is 5. The van der Waals surface area contributed by atoms with Crippen molar-refractivity contribution in [1.29, 1.82) is 0 Å². The molecule has 1 aliphatic heterocycles. The van der Waals surface area contributed by atoms with Crippen LogP contribution in [-0.4, -0.2) is 60.4 Å². The van der Waals surface area contributed by atoms with E-state index in [0.29, 0.717) is 6.54 Å². The lowest BCUT2D eigenvalue weighted by Gasteiger charge is -2.36. The predicted octanol–water partition coefficient (Wildman–Crippen LogP) is 0.425. The number of nitrogens with two attached hydrogens (primary N) is 1. The summed E-state index contributed by atoms with van der Waals surface area (Å²) in [5.41, 5.74) is 7.30. The van der Waals surface area contributed by atoms with Gasteiger partial charge in [-0.15, -0.1) is 0 Å². The standard InChI is InChI=1S/C16H24N4O2/c1-12-3-5-14(6-4-12)18-15(21)11-19-7-9-20(10-8-19)13(2)16(17)22/h3-6,13H,7-11H2,1-2H3,(H2,17,22)(H,18,21). The molecule has 1 aromatic rings. The summed E-state index contributed by atoms with van der Waals surface area (Å²) in [7, 11) is 0. The maximum Gasteiger partial charge on any atom is 0.238 e. The molecule has 1 fully saturated rings. The van der Waals surface area contributed by atoms with E-state index < -0.39 is 0 Å². The van der Waals surface area contributed by atoms with Crippen LogP contribution in [0.3, 0.4) is 0 Å². The Balaban J connectivity index is 1.77. The quantitative estimate of drug-likeness (QED) is 0.826. The van der Waals surface area contributed by atoms with Crippen LogP contribution in [0.1, 0.15) is 12.5 Å². The fourth-order valence-corrected chi connectivity index (χ4v) is 2.53. The lowest BCUT2D eigenvalue weighted by atomic mass is 10.2. The minimum absolute atomic E-state index is 0.0137. The highest BCUT2D eigenvalue weighted by molar-refractivity contribution is 5.92. The third-order valence-corrected chi connectivity index (χ3v) is 4.07. The van der Waals surface area contributed by atoms with Crippen molar-refractivity contribution >= 4 is 17.5 Å². The van der Waals surface area contributed by atoms with Crippen molar-refractivity contribution in [2.24, 2.45) is 5.73 Å². The van der Waals surface area contributed by atoms with Crippen LogP contribution in [0.4, 0.5) is 5.69 Å². The minimum atomic E-state index is -0.300. The Morgan fingerprint density at radius 3 is 2.32 bits per heavy atom. The first-order valence-electron chi connectivity index (χ1n) is 7.58. The number of carbonyl (C=O) groups excluding carboxylic acids is 2. The molecule has 0 radical (unpaired) electrons. The summed E-state index contributed by atoms with van der Waals surface area (Å²) in [5, 5.41) is 2.90. The van der Waals surface area contributed by atoms with E-state index in [0.717, 1.165) is 37.4 Å². The van der Waals surface area contributed by atoms with Crippen LogP contribution in [0, 0.1) is 6.92 Å². The number of anilines is 1. The van der Waals surface area contributed by atoms with E-state index in [1.807, 2.05) is 38.1 Å². The predicted molar refractivity (Wildman–Crippen MR) is 86.5 cm³/mol. The highest BCUT2D eigenvalue weighted by Crippen LogP contribution is 2.10. The number of hydrogen-bond donors (Lipinski definition) is 2. The van der Waals surface area contributed by atoms with Crippen LogP contribution in [0.25, 0.3) is 0 Å². The molecule has 1 atom stereocenters. The van der Waals surface area contributed by atoms with Crippen molar-refractivity contribution in [2.45, 2.75) is 19.9 Å². The van der Waals surface area contributed by atoms with E-state index >= 15 is 0 Å². The molecule has 0 spiro atoms. The fourth-order valence-electron chi connectivity index (χ4n) is 2.53. The van der Waals surface area contributed by atoms with Crippen molar-refractivity contribution in [3.63, 3.8) is 0 Å². The van der Waals surface area contributed by atoms with Crippen molar-refractivity contribution in [3.05, 3.63) is 29.8 Å². The van der Waals surface area contributed by atoms with Gasteiger partial charge in [-0.1, -0.05) is 17.7 Å². The van der Waals surface area contributed by atoms with Gasteiger partial charge in [-0.25, -0.2) is 0 Å². The largest absolute Gasteiger partial charge is 0.368 e. The van der Waals surface area contributed by atoms with Crippen LogP contribution in [0.15, 0.2) is 24.3 Å². The normalized spacial score (nSPS) is 17.9. The maximum absolute atomic E-state index is 12.0. The molecule has 1 heterocycles. The zero-order valence-corrected chi connectivity index (χ0v) is 13.2. The molecule has 1 unspecified atom stereocenters. The number of aryl methyl sites for hydroxylation is 1. The molecule has 22 heavy (non-hydrogen) atoms. The monoisotopic (exact) mass is 304 g/mol. The Kier molecular flexibility index (Phi) is 5.51. The second-order valence-electron chi connectivity index (χ2n) is 5.80. The Labute approximate surface area is 131 Å². The zero-order chi connectivity index (χ0) is 16.1. The van der Waals surface area contributed by atoms with E-state index in [1.54, 1.807) is 0 Å². The van der Waals surface area contributed by atoms with Crippen molar-refractivity contribution in [1.82, 2.24) is 9.80 Å². The first-order valence-corrected chi connectivity index (χ1v) is 7.58. The molecule has 120 valence electrons. The molecular weight excluding hydrogens is 280 g/mol. The molecule has 0 aliphatic carbocycles. The molecule has 2 amide bonds. The Bertz CT molecular complexity index is 521. The lowest BCUT2D eigenvalue weighted by molar-refractivity contribution is -0.124. The first-order chi connectivity index (χ1) is 10.5. The molecule has 0 saturated carbocycles. The van der Waals surface area contributed by atoms with Gasteiger partial charge in [-0.3, -0.25) is 19.4 Å². The third kappa shape index (κ3) is 4.54. The maximum atomic E-state index is 12.0. The summed E-state index contributed by atoms with van der Waals surface area (Å²) in [5.74, 6) is -0.314. The van der Waals surface area contributed by atoms with Gasteiger partial charge in [-0.05, 0) is 26.0 Å². The number of piperazine rings is 1. The van der Waals surface area contributed by atoms with E-state index in [-0.39, 0.29) is 17.9 Å². The van der Waals surface area contributed by atoms with Gasteiger partial charge in [0.1, 0.15) is 0 Å². The molecule has 0 aromatic heterocycles. The summed E-state index contributed by atoms with van der Waals surface area (Å²) >= 11 is 0. The number of carbonyl (C=O) groups is 2. The molecule has 6 heteroatoms. The third-order valence-electron chi connectivity index (χ3n) is 4.07. The highest BCUT2D eigenvalue weighted by atomic mass is 16.2. The average Bonchev–Trinajstić information content (AvgIpc) is 2.49. The van der Waals surface area contributed by atoms with Crippen LogP contribution < -0.4 is 11.1 Å².